The van der Waals surface area contributed by atoms with Crippen LogP contribution in [0.4, 0.5) is 4.79 Å². The molecule has 1 unspecified atom stereocenters. The fourth-order valence-electron chi connectivity index (χ4n) is 2.83. The Balaban J connectivity index is 1.64. The molecule has 1 atom stereocenters. The first-order valence-corrected chi connectivity index (χ1v) is 7.72. The number of nitrogens with zero attached hydrogens (tertiary/aromatic N) is 1. The number of alkyl carbamates (subject to hydrolysis) is 1. The molecule has 0 bridgehead atoms. The van der Waals surface area contributed by atoms with Crippen LogP contribution in [0.2, 0.25) is 0 Å². The number of nitrogens with one attached hydrogen (secondary N) is 1. The highest BCUT2D eigenvalue weighted by Crippen LogP contribution is 2.18. The monoisotopic (exact) mass is 284 g/mol. The van der Waals surface area contributed by atoms with Crippen molar-refractivity contribution in [2.45, 2.75) is 51.7 Å². The molecule has 0 spiro atoms. The first-order chi connectivity index (χ1) is 9.42. The maximum atomic E-state index is 11.7. The molecule has 0 radical (unpaired) electrons. The lowest BCUT2D eigenvalue weighted by Gasteiger charge is -2.33. The standard InChI is InChI=1S/C15H28N2O3/c1-15(2,3)20-14(18)16-13-4-7-17(8-5-13)10-12-6-9-19-11-12/h12-13H,4-11H2,1-3H3,(H,16,18). The lowest BCUT2D eigenvalue weighted by Crippen LogP contribution is -2.47. The first-order valence-electron chi connectivity index (χ1n) is 7.72. The van der Waals surface area contributed by atoms with Crippen molar-refractivity contribution in [3.8, 4) is 0 Å². The summed E-state index contributed by atoms with van der Waals surface area (Å²) in [5.74, 6) is 0.699. The summed E-state index contributed by atoms with van der Waals surface area (Å²) in [5, 5.41) is 2.98. The Bertz CT molecular complexity index is 314. The number of carbonyl (C=O) groups excluding carboxylic acids is 1. The van der Waals surface area contributed by atoms with E-state index in [4.69, 9.17) is 9.47 Å². The third-order valence-corrected chi connectivity index (χ3v) is 3.85. The number of hydrogen-bond acceptors (Lipinski definition) is 4. The van der Waals surface area contributed by atoms with Crippen molar-refractivity contribution in [3.63, 3.8) is 0 Å². The van der Waals surface area contributed by atoms with Crippen molar-refractivity contribution in [1.82, 2.24) is 10.2 Å². The second kappa shape index (κ2) is 6.76. The van der Waals surface area contributed by atoms with Crippen LogP contribution in [0.25, 0.3) is 0 Å². The van der Waals surface area contributed by atoms with Gasteiger partial charge in [-0.25, -0.2) is 4.79 Å². The lowest BCUT2D eigenvalue weighted by molar-refractivity contribution is 0.0475. The highest BCUT2D eigenvalue weighted by Gasteiger charge is 2.25. The van der Waals surface area contributed by atoms with Crippen LogP contribution in [-0.4, -0.2) is 55.5 Å². The van der Waals surface area contributed by atoms with Gasteiger partial charge in [-0.05, 0) is 46.0 Å². The van der Waals surface area contributed by atoms with Gasteiger partial charge in [-0.15, -0.1) is 0 Å². The van der Waals surface area contributed by atoms with Crippen LogP contribution in [0.1, 0.15) is 40.0 Å². The topological polar surface area (TPSA) is 50.8 Å². The Labute approximate surface area is 122 Å². The third-order valence-electron chi connectivity index (χ3n) is 3.85. The number of carbonyl (C=O) groups is 1. The minimum Gasteiger partial charge on any atom is -0.444 e. The van der Waals surface area contributed by atoms with E-state index in [0.717, 1.165) is 45.7 Å². The van der Waals surface area contributed by atoms with E-state index in [2.05, 4.69) is 10.2 Å². The molecule has 0 aromatic carbocycles. The van der Waals surface area contributed by atoms with E-state index in [1.807, 2.05) is 20.8 Å². The highest BCUT2D eigenvalue weighted by atomic mass is 16.6. The van der Waals surface area contributed by atoms with Crippen LogP contribution in [0.15, 0.2) is 0 Å². The SMILES string of the molecule is CC(C)(C)OC(=O)NC1CCN(CC2CCOC2)CC1. The molecule has 1 N–H and O–H groups in total. The summed E-state index contributed by atoms with van der Waals surface area (Å²) in [6.45, 7) is 10.7. The lowest BCUT2D eigenvalue weighted by atomic mass is 10.0. The van der Waals surface area contributed by atoms with E-state index in [9.17, 15) is 4.79 Å². The third kappa shape index (κ3) is 5.29. The molecule has 2 aliphatic rings. The molecule has 0 aromatic heterocycles. The van der Waals surface area contributed by atoms with Gasteiger partial charge < -0.3 is 19.7 Å². The fraction of sp³-hybridized carbons (Fsp3) is 0.933. The quantitative estimate of drug-likeness (QED) is 0.861. The molecular weight excluding hydrogens is 256 g/mol. The van der Waals surface area contributed by atoms with Gasteiger partial charge in [0.25, 0.3) is 0 Å². The van der Waals surface area contributed by atoms with Crippen LogP contribution >= 0.6 is 0 Å². The molecule has 2 heterocycles. The van der Waals surface area contributed by atoms with Gasteiger partial charge in [-0.2, -0.15) is 0 Å². The van der Waals surface area contributed by atoms with Crippen LogP contribution < -0.4 is 5.32 Å². The molecule has 2 rings (SSSR count). The molecule has 1 amide bonds. The number of amides is 1. The summed E-state index contributed by atoms with van der Waals surface area (Å²) >= 11 is 0. The second-order valence-electron chi connectivity index (χ2n) is 6.95. The van der Waals surface area contributed by atoms with E-state index >= 15 is 0 Å². The molecule has 5 heteroatoms. The van der Waals surface area contributed by atoms with Gasteiger partial charge in [0.15, 0.2) is 0 Å². The summed E-state index contributed by atoms with van der Waals surface area (Å²) in [5.41, 5.74) is -0.423. The normalized spacial score (nSPS) is 25.6. The first kappa shape index (κ1) is 15.6. The van der Waals surface area contributed by atoms with Gasteiger partial charge in [0.2, 0.25) is 0 Å². The molecule has 0 aromatic rings. The van der Waals surface area contributed by atoms with Gasteiger partial charge in [-0.1, -0.05) is 0 Å². The van der Waals surface area contributed by atoms with Crippen LogP contribution in [0.3, 0.4) is 0 Å². The molecule has 0 saturated carbocycles. The summed E-state index contributed by atoms with van der Waals surface area (Å²) in [4.78, 5) is 14.2. The van der Waals surface area contributed by atoms with Crippen molar-refractivity contribution in [2.24, 2.45) is 5.92 Å². The van der Waals surface area contributed by atoms with E-state index in [-0.39, 0.29) is 12.1 Å². The number of likely N-dealkylation sites (tertiary alicyclic amines) is 1. The molecule has 2 aliphatic heterocycles. The Morgan fingerprint density at radius 3 is 2.55 bits per heavy atom. The van der Waals surface area contributed by atoms with Crippen LogP contribution in [-0.2, 0) is 9.47 Å². The van der Waals surface area contributed by atoms with Crippen molar-refractivity contribution in [1.29, 1.82) is 0 Å². The predicted octanol–water partition coefficient (Wildman–Crippen LogP) is 2.01. The minimum absolute atomic E-state index is 0.251. The Morgan fingerprint density at radius 2 is 2.00 bits per heavy atom. The van der Waals surface area contributed by atoms with Gasteiger partial charge in [0.05, 0.1) is 6.61 Å². The summed E-state index contributed by atoms with van der Waals surface area (Å²) in [6.07, 6.45) is 2.91. The zero-order valence-corrected chi connectivity index (χ0v) is 13.0. The van der Waals surface area contributed by atoms with Crippen molar-refractivity contribution in [2.75, 3.05) is 32.8 Å². The summed E-state index contributed by atoms with van der Waals surface area (Å²) < 4.78 is 10.7. The highest BCUT2D eigenvalue weighted by molar-refractivity contribution is 5.68. The van der Waals surface area contributed by atoms with Crippen LogP contribution in [0.5, 0.6) is 0 Å². The predicted molar refractivity (Wildman–Crippen MR) is 77.8 cm³/mol. The molecule has 0 aliphatic carbocycles. The number of ether oxygens (including phenoxy) is 2. The second-order valence-corrected chi connectivity index (χ2v) is 6.95. The fourth-order valence-corrected chi connectivity index (χ4v) is 2.83. The zero-order chi connectivity index (χ0) is 14.6. The summed E-state index contributed by atoms with van der Waals surface area (Å²) in [7, 11) is 0. The Kier molecular flexibility index (Phi) is 5.27. The Morgan fingerprint density at radius 1 is 1.30 bits per heavy atom. The molecular formula is C15H28N2O3. The van der Waals surface area contributed by atoms with Crippen molar-refractivity contribution in [3.05, 3.63) is 0 Å². The van der Waals surface area contributed by atoms with Gasteiger partial charge in [0, 0.05) is 32.3 Å². The molecule has 116 valence electrons. The maximum Gasteiger partial charge on any atom is 0.407 e. The van der Waals surface area contributed by atoms with E-state index in [1.165, 1.54) is 6.42 Å². The largest absolute Gasteiger partial charge is 0.444 e. The molecule has 5 nitrogen and oxygen atoms in total. The van der Waals surface area contributed by atoms with Gasteiger partial charge >= 0.3 is 6.09 Å². The maximum absolute atomic E-state index is 11.7. The zero-order valence-electron chi connectivity index (χ0n) is 13.0. The number of piperidine rings is 1. The Hall–Kier alpha value is -0.810. The van der Waals surface area contributed by atoms with Gasteiger partial charge in [-0.3, -0.25) is 0 Å². The van der Waals surface area contributed by atoms with Crippen molar-refractivity contribution >= 4 is 6.09 Å². The van der Waals surface area contributed by atoms with Crippen LogP contribution in [0, 0.1) is 5.92 Å². The summed E-state index contributed by atoms with van der Waals surface area (Å²) in [6, 6.07) is 0.251. The van der Waals surface area contributed by atoms with E-state index < -0.39 is 5.60 Å². The number of rotatable bonds is 3. The smallest absolute Gasteiger partial charge is 0.407 e. The average molecular weight is 284 g/mol. The van der Waals surface area contributed by atoms with Crippen molar-refractivity contribution < 1.29 is 14.3 Å². The molecule has 2 fully saturated rings. The average Bonchev–Trinajstić information content (AvgIpc) is 2.82. The molecule has 20 heavy (non-hydrogen) atoms. The number of hydrogen-bond donors (Lipinski definition) is 1. The van der Waals surface area contributed by atoms with E-state index in [0.29, 0.717) is 5.92 Å². The minimum atomic E-state index is -0.423. The van der Waals surface area contributed by atoms with E-state index in [1.54, 1.807) is 0 Å². The van der Waals surface area contributed by atoms with Gasteiger partial charge in [0.1, 0.15) is 5.60 Å². The molecule has 2 saturated heterocycles.